The van der Waals surface area contributed by atoms with Gasteiger partial charge in [-0.2, -0.15) is 9.97 Å². The van der Waals surface area contributed by atoms with Crippen molar-refractivity contribution in [3.05, 3.63) is 30.1 Å². The van der Waals surface area contributed by atoms with E-state index in [1.807, 2.05) is 12.1 Å². The number of nitrogens with two attached hydrogens (primary N) is 1. The van der Waals surface area contributed by atoms with Crippen LogP contribution in [-0.4, -0.2) is 48.1 Å². The predicted octanol–water partition coefficient (Wildman–Crippen LogP) is 3.89. The van der Waals surface area contributed by atoms with Gasteiger partial charge in [-0.15, -0.1) is 9.24 Å². The van der Waals surface area contributed by atoms with Crippen LogP contribution in [0.2, 0.25) is 0 Å². The van der Waals surface area contributed by atoms with Gasteiger partial charge in [0.1, 0.15) is 17.5 Å². The molecule has 33 heavy (non-hydrogen) atoms. The molecule has 5 N–H and O–H groups in total. The van der Waals surface area contributed by atoms with E-state index in [0.717, 1.165) is 37.4 Å². The van der Waals surface area contributed by atoms with E-state index >= 15 is 0 Å². The van der Waals surface area contributed by atoms with Crippen molar-refractivity contribution in [3.63, 3.8) is 0 Å². The van der Waals surface area contributed by atoms with E-state index in [4.69, 9.17) is 10.5 Å². The number of aromatic hydroxyl groups is 1. The molecule has 1 unspecified atom stereocenters. The number of phenols is 1. The molecule has 1 saturated heterocycles. The molecule has 178 valence electrons. The van der Waals surface area contributed by atoms with Crippen LogP contribution < -0.4 is 11.1 Å². The second kappa shape index (κ2) is 10.6. The standard InChI is InChI=1S/C23H33N6O3P/c1-2-3-4-5-6-14-7-8-15(11-16(14)30)26-23-27-21(24)20-22(28-23)29(13-25-20)19-12-17(31)18(32-19)9-10-33/h7-8,11,13,17-19,30-31H,2-6,9-10,12,33H2,1H3,(H3,24,26,27,28)/t17-,18-,19-/m1/s1. The van der Waals surface area contributed by atoms with Gasteiger partial charge < -0.3 is 26.0 Å². The third kappa shape index (κ3) is 5.37. The second-order valence-corrected chi connectivity index (χ2v) is 9.12. The minimum Gasteiger partial charge on any atom is -0.508 e. The van der Waals surface area contributed by atoms with E-state index in [2.05, 4.69) is 36.4 Å². The molecule has 0 aliphatic carbocycles. The van der Waals surface area contributed by atoms with Gasteiger partial charge >= 0.3 is 0 Å². The van der Waals surface area contributed by atoms with Crippen molar-refractivity contribution in [2.75, 3.05) is 17.2 Å². The lowest BCUT2D eigenvalue weighted by atomic mass is 10.0. The Morgan fingerprint density at radius 2 is 2.12 bits per heavy atom. The second-order valence-electron chi connectivity index (χ2n) is 8.55. The Labute approximate surface area is 196 Å². The number of aliphatic hydroxyl groups excluding tert-OH is 1. The van der Waals surface area contributed by atoms with E-state index in [1.165, 1.54) is 12.8 Å². The van der Waals surface area contributed by atoms with Gasteiger partial charge in [0.05, 0.1) is 18.5 Å². The van der Waals surface area contributed by atoms with Crippen molar-refractivity contribution in [2.45, 2.75) is 70.3 Å². The largest absolute Gasteiger partial charge is 0.508 e. The van der Waals surface area contributed by atoms with Crippen LogP contribution in [0, 0.1) is 0 Å². The number of hydrogen-bond donors (Lipinski definition) is 4. The number of phenolic OH excluding ortho intramolecular Hbond substituents is 1. The van der Waals surface area contributed by atoms with Crippen LogP contribution in [0.4, 0.5) is 17.5 Å². The van der Waals surface area contributed by atoms with Gasteiger partial charge in [-0.1, -0.05) is 32.3 Å². The van der Waals surface area contributed by atoms with Crippen molar-refractivity contribution in [1.82, 2.24) is 19.5 Å². The van der Waals surface area contributed by atoms with Gasteiger partial charge in [-0.05, 0) is 37.1 Å². The number of aryl methyl sites for hydroxylation is 1. The molecule has 0 bridgehead atoms. The smallest absolute Gasteiger partial charge is 0.231 e. The van der Waals surface area contributed by atoms with Crippen LogP contribution in [0.3, 0.4) is 0 Å². The highest BCUT2D eigenvalue weighted by atomic mass is 31.0. The van der Waals surface area contributed by atoms with Crippen LogP contribution in [0.5, 0.6) is 5.75 Å². The highest BCUT2D eigenvalue weighted by Gasteiger charge is 2.35. The number of fused-ring (bicyclic) bond motifs is 1. The lowest BCUT2D eigenvalue weighted by Crippen LogP contribution is -2.20. The molecule has 10 heteroatoms. The molecule has 0 amide bonds. The Bertz CT molecular complexity index is 1090. The number of aliphatic hydroxyl groups is 1. The van der Waals surface area contributed by atoms with Gasteiger partial charge in [0, 0.05) is 18.2 Å². The minimum absolute atomic E-state index is 0.217. The van der Waals surface area contributed by atoms with Crippen LogP contribution in [-0.2, 0) is 11.2 Å². The summed E-state index contributed by atoms with van der Waals surface area (Å²) in [6, 6.07) is 5.51. The number of aromatic nitrogens is 4. The molecule has 0 radical (unpaired) electrons. The maximum Gasteiger partial charge on any atom is 0.231 e. The highest BCUT2D eigenvalue weighted by Crippen LogP contribution is 2.34. The molecule has 0 spiro atoms. The van der Waals surface area contributed by atoms with E-state index in [-0.39, 0.29) is 23.9 Å². The summed E-state index contributed by atoms with van der Waals surface area (Å²) < 4.78 is 7.84. The molecular formula is C23H33N6O3P. The Hall–Kier alpha value is -2.48. The molecule has 1 fully saturated rings. The predicted molar refractivity (Wildman–Crippen MR) is 133 cm³/mol. The van der Waals surface area contributed by atoms with Gasteiger partial charge in [-0.3, -0.25) is 4.57 Å². The summed E-state index contributed by atoms with van der Waals surface area (Å²) in [4.78, 5) is 13.3. The van der Waals surface area contributed by atoms with Gasteiger partial charge in [0.15, 0.2) is 11.5 Å². The number of imidazole rings is 1. The highest BCUT2D eigenvalue weighted by molar-refractivity contribution is 7.16. The number of anilines is 3. The first-order valence-electron chi connectivity index (χ1n) is 11.6. The minimum atomic E-state index is -0.534. The number of benzene rings is 1. The number of nitrogens with zero attached hydrogens (tertiary/aromatic N) is 4. The zero-order chi connectivity index (χ0) is 23.4. The van der Waals surface area contributed by atoms with Gasteiger partial charge in [-0.25, -0.2) is 4.98 Å². The lowest BCUT2D eigenvalue weighted by molar-refractivity contribution is -0.0177. The molecule has 1 aliphatic heterocycles. The first-order chi connectivity index (χ1) is 16.0. The van der Waals surface area contributed by atoms with Crippen LogP contribution in [0.25, 0.3) is 11.2 Å². The van der Waals surface area contributed by atoms with E-state index in [0.29, 0.717) is 29.2 Å². The third-order valence-corrected chi connectivity index (χ3v) is 6.39. The van der Waals surface area contributed by atoms with E-state index in [9.17, 15) is 10.2 Å². The van der Waals surface area contributed by atoms with Crippen molar-refractivity contribution in [3.8, 4) is 5.75 Å². The molecular weight excluding hydrogens is 439 g/mol. The normalized spacial score (nSPS) is 20.5. The molecule has 3 heterocycles. The van der Waals surface area contributed by atoms with Gasteiger partial charge in [0.2, 0.25) is 5.95 Å². The number of ether oxygens (including phenoxy) is 1. The summed E-state index contributed by atoms with van der Waals surface area (Å²) in [7, 11) is 2.66. The molecule has 3 aromatic rings. The SMILES string of the molecule is CCCCCCc1ccc(Nc2nc(N)c3ncn([C@H]4C[C@@H](O)[C@@H](CCP)O4)c3n2)cc1O. The molecule has 4 rings (SSSR count). The average molecular weight is 473 g/mol. The van der Waals surface area contributed by atoms with E-state index in [1.54, 1.807) is 17.0 Å². The van der Waals surface area contributed by atoms with Crippen LogP contribution in [0.15, 0.2) is 24.5 Å². The fraction of sp³-hybridized carbons (Fsp3) is 0.522. The number of nitrogen functional groups attached to an aromatic ring is 1. The summed E-state index contributed by atoms with van der Waals surface area (Å²) >= 11 is 0. The average Bonchev–Trinajstić information content (AvgIpc) is 3.36. The number of nitrogens with one attached hydrogen (secondary N) is 1. The molecule has 1 aromatic carbocycles. The molecule has 2 aromatic heterocycles. The fourth-order valence-electron chi connectivity index (χ4n) is 4.24. The topological polar surface area (TPSA) is 131 Å². The first kappa shape index (κ1) is 23.7. The van der Waals surface area contributed by atoms with E-state index < -0.39 is 6.10 Å². The molecule has 4 atom stereocenters. The van der Waals surface area contributed by atoms with Gasteiger partial charge in [0.25, 0.3) is 0 Å². The summed E-state index contributed by atoms with van der Waals surface area (Å²) in [5.74, 6) is 0.805. The summed E-state index contributed by atoms with van der Waals surface area (Å²) in [5.41, 5.74) is 8.77. The fourth-order valence-corrected chi connectivity index (χ4v) is 4.57. The maximum atomic E-state index is 10.4. The third-order valence-electron chi connectivity index (χ3n) is 6.06. The number of rotatable bonds is 10. The zero-order valence-corrected chi connectivity index (χ0v) is 20.1. The summed E-state index contributed by atoms with van der Waals surface area (Å²) in [6.07, 6.45) is 8.05. The quantitative estimate of drug-likeness (QED) is 0.258. The zero-order valence-electron chi connectivity index (χ0n) is 18.9. The molecule has 9 nitrogen and oxygen atoms in total. The Kier molecular flexibility index (Phi) is 7.63. The number of unbranched alkanes of at least 4 members (excludes halogenated alkanes) is 3. The summed E-state index contributed by atoms with van der Waals surface area (Å²) in [5, 5.41) is 23.9. The maximum absolute atomic E-state index is 10.4. The number of hydrogen-bond acceptors (Lipinski definition) is 8. The summed E-state index contributed by atoms with van der Waals surface area (Å²) in [6.45, 7) is 2.18. The van der Waals surface area contributed by atoms with Crippen LogP contribution in [0.1, 0.15) is 57.2 Å². The Balaban J connectivity index is 1.52. The van der Waals surface area contributed by atoms with Crippen LogP contribution >= 0.6 is 9.24 Å². The van der Waals surface area contributed by atoms with Crippen molar-refractivity contribution >= 4 is 37.9 Å². The Morgan fingerprint density at radius 1 is 1.27 bits per heavy atom. The van der Waals surface area contributed by atoms with Crippen molar-refractivity contribution in [1.29, 1.82) is 0 Å². The first-order valence-corrected chi connectivity index (χ1v) is 12.4. The Morgan fingerprint density at radius 3 is 2.88 bits per heavy atom. The molecule has 0 saturated carbocycles. The van der Waals surface area contributed by atoms with Crippen molar-refractivity contribution < 1.29 is 14.9 Å². The lowest BCUT2D eigenvalue weighted by Gasteiger charge is -2.15. The molecule has 1 aliphatic rings. The monoisotopic (exact) mass is 472 g/mol. The van der Waals surface area contributed by atoms with Crippen molar-refractivity contribution in [2.24, 2.45) is 0 Å².